The summed E-state index contributed by atoms with van der Waals surface area (Å²) in [5.74, 6) is -0.143. The number of amides is 1. The first kappa shape index (κ1) is 19.6. The van der Waals surface area contributed by atoms with Gasteiger partial charge in [0.15, 0.2) is 0 Å². The van der Waals surface area contributed by atoms with E-state index in [1.54, 1.807) is 12.1 Å². The average Bonchev–Trinajstić information content (AvgIpc) is 3.17. The van der Waals surface area contributed by atoms with Crippen LogP contribution in [0, 0.1) is 12.7 Å². The van der Waals surface area contributed by atoms with E-state index in [-0.39, 0.29) is 17.8 Å². The van der Waals surface area contributed by atoms with Crippen molar-refractivity contribution in [2.45, 2.75) is 45.8 Å². The first-order chi connectivity index (χ1) is 15.0. The Morgan fingerprint density at radius 1 is 1.06 bits per heavy atom. The predicted octanol–water partition coefficient (Wildman–Crippen LogP) is 4.92. The molecule has 0 saturated heterocycles. The van der Waals surface area contributed by atoms with Crippen molar-refractivity contribution in [2.75, 3.05) is 0 Å². The number of fused-ring (bicyclic) bond motifs is 2. The minimum Gasteiger partial charge on any atom is -0.331 e. The molecule has 0 saturated carbocycles. The zero-order valence-electron chi connectivity index (χ0n) is 17.7. The van der Waals surface area contributed by atoms with E-state index in [2.05, 4.69) is 30.1 Å². The van der Waals surface area contributed by atoms with Crippen LogP contribution in [0.2, 0.25) is 0 Å². The van der Waals surface area contributed by atoms with E-state index in [0.717, 1.165) is 40.1 Å². The largest absolute Gasteiger partial charge is 0.331 e. The van der Waals surface area contributed by atoms with Gasteiger partial charge in [0, 0.05) is 29.6 Å². The number of aryl methyl sites for hydroxylation is 1. The van der Waals surface area contributed by atoms with Crippen LogP contribution in [-0.2, 0) is 24.3 Å². The second-order valence-corrected chi connectivity index (χ2v) is 8.30. The Balaban J connectivity index is 1.49. The molecule has 3 aromatic rings. The molecule has 156 valence electrons. The van der Waals surface area contributed by atoms with Crippen LogP contribution in [0.3, 0.4) is 0 Å². The SMILES string of the molecule is CC[C@H](c1ccc(F)cc1)N1Cc2cc3c(cc2CC1=O)CN=C3c1ccnc(C)c1. The van der Waals surface area contributed by atoms with Crippen molar-refractivity contribution in [2.24, 2.45) is 4.99 Å². The first-order valence-electron chi connectivity index (χ1n) is 10.7. The number of aromatic nitrogens is 1. The monoisotopic (exact) mass is 413 g/mol. The average molecular weight is 413 g/mol. The fourth-order valence-electron chi connectivity index (χ4n) is 4.73. The summed E-state index contributed by atoms with van der Waals surface area (Å²) in [6.07, 6.45) is 2.99. The van der Waals surface area contributed by atoms with Crippen LogP contribution in [0.4, 0.5) is 4.39 Å². The molecule has 1 atom stereocenters. The van der Waals surface area contributed by atoms with Crippen LogP contribution in [0.5, 0.6) is 0 Å². The van der Waals surface area contributed by atoms with Gasteiger partial charge < -0.3 is 4.90 Å². The molecule has 0 spiro atoms. The van der Waals surface area contributed by atoms with Crippen LogP contribution in [0.1, 0.15) is 58.5 Å². The zero-order chi connectivity index (χ0) is 21.5. The number of carbonyl (C=O) groups excluding carboxylic acids is 1. The number of aliphatic imine (C=N–C) groups is 1. The lowest BCUT2D eigenvalue weighted by Gasteiger charge is -2.36. The van der Waals surface area contributed by atoms with Gasteiger partial charge in [-0.1, -0.05) is 25.1 Å². The first-order valence-corrected chi connectivity index (χ1v) is 10.7. The summed E-state index contributed by atoms with van der Waals surface area (Å²) in [5.41, 5.74) is 8.59. The van der Waals surface area contributed by atoms with Gasteiger partial charge in [-0.25, -0.2) is 4.39 Å². The van der Waals surface area contributed by atoms with E-state index < -0.39 is 0 Å². The van der Waals surface area contributed by atoms with Crippen molar-refractivity contribution in [1.29, 1.82) is 0 Å². The third kappa shape index (κ3) is 3.54. The van der Waals surface area contributed by atoms with E-state index >= 15 is 0 Å². The lowest BCUT2D eigenvalue weighted by Crippen LogP contribution is -2.39. The predicted molar refractivity (Wildman–Crippen MR) is 118 cm³/mol. The molecule has 0 unspecified atom stereocenters. The fourth-order valence-corrected chi connectivity index (χ4v) is 4.73. The molecule has 1 amide bonds. The summed E-state index contributed by atoms with van der Waals surface area (Å²) in [7, 11) is 0. The molecular weight excluding hydrogens is 389 g/mol. The summed E-state index contributed by atoms with van der Waals surface area (Å²) < 4.78 is 13.4. The van der Waals surface area contributed by atoms with E-state index in [9.17, 15) is 9.18 Å². The summed E-state index contributed by atoms with van der Waals surface area (Å²) in [4.78, 5) is 24.1. The van der Waals surface area contributed by atoms with Crippen LogP contribution in [-0.4, -0.2) is 21.5 Å². The smallest absolute Gasteiger partial charge is 0.227 e. The molecular formula is C26H24FN3O. The molecule has 3 heterocycles. The van der Waals surface area contributed by atoms with E-state index in [1.807, 2.05) is 24.1 Å². The molecule has 5 heteroatoms. The fraction of sp³-hybridized carbons (Fsp3) is 0.269. The van der Waals surface area contributed by atoms with Gasteiger partial charge in [-0.05, 0) is 65.9 Å². The van der Waals surface area contributed by atoms with Crippen molar-refractivity contribution in [3.8, 4) is 0 Å². The Morgan fingerprint density at radius 3 is 2.61 bits per heavy atom. The van der Waals surface area contributed by atoms with E-state index in [0.29, 0.717) is 19.5 Å². The number of hydrogen-bond donors (Lipinski definition) is 0. The van der Waals surface area contributed by atoms with Gasteiger partial charge in [-0.3, -0.25) is 14.8 Å². The lowest BCUT2D eigenvalue weighted by atomic mass is 9.89. The second-order valence-electron chi connectivity index (χ2n) is 8.30. The lowest BCUT2D eigenvalue weighted by molar-refractivity contribution is -0.134. The molecule has 0 N–H and O–H groups in total. The van der Waals surface area contributed by atoms with Crippen molar-refractivity contribution in [3.05, 3.63) is 99.6 Å². The van der Waals surface area contributed by atoms with Crippen molar-refractivity contribution >= 4 is 11.6 Å². The Labute approximate surface area is 181 Å². The second kappa shape index (κ2) is 7.73. The summed E-state index contributed by atoms with van der Waals surface area (Å²) in [5, 5.41) is 0. The number of nitrogens with zero attached hydrogens (tertiary/aromatic N) is 3. The van der Waals surface area contributed by atoms with E-state index in [4.69, 9.17) is 4.99 Å². The van der Waals surface area contributed by atoms with Gasteiger partial charge >= 0.3 is 0 Å². The quantitative estimate of drug-likeness (QED) is 0.610. The molecule has 31 heavy (non-hydrogen) atoms. The molecule has 0 aliphatic carbocycles. The molecule has 2 aliphatic rings. The van der Waals surface area contributed by atoms with Gasteiger partial charge in [-0.2, -0.15) is 0 Å². The van der Waals surface area contributed by atoms with Gasteiger partial charge in [0.1, 0.15) is 5.82 Å². The molecule has 2 aromatic carbocycles. The Kier molecular flexibility index (Phi) is 4.89. The Bertz CT molecular complexity index is 1200. The van der Waals surface area contributed by atoms with Crippen molar-refractivity contribution in [1.82, 2.24) is 9.88 Å². The number of rotatable bonds is 4. The maximum atomic E-state index is 13.4. The molecule has 0 fully saturated rings. The third-order valence-corrected chi connectivity index (χ3v) is 6.28. The molecule has 0 radical (unpaired) electrons. The maximum Gasteiger partial charge on any atom is 0.227 e. The highest BCUT2D eigenvalue weighted by Crippen LogP contribution is 2.34. The molecule has 2 aliphatic heterocycles. The van der Waals surface area contributed by atoms with E-state index in [1.165, 1.54) is 23.3 Å². The zero-order valence-corrected chi connectivity index (χ0v) is 17.7. The summed E-state index contributed by atoms with van der Waals surface area (Å²) in [6, 6.07) is 14.9. The van der Waals surface area contributed by atoms with Crippen molar-refractivity contribution in [3.63, 3.8) is 0 Å². The maximum absolute atomic E-state index is 13.4. The van der Waals surface area contributed by atoms with Gasteiger partial charge in [0.05, 0.1) is 24.7 Å². The number of hydrogen-bond acceptors (Lipinski definition) is 3. The van der Waals surface area contributed by atoms with Crippen LogP contribution in [0.25, 0.3) is 0 Å². The number of halogens is 1. The highest BCUT2D eigenvalue weighted by Gasteiger charge is 2.31. The van der Waals surface area contributed by atoms with Crippen molar-refractivity contribution < 1.29 is 9.18 Å². The summed E-state index contributed by atoms with van der Waals surface area (Å²) in [6.45, 7) is 5.25. The van der Waals surface area contributed by atoms with Gasteiger partial charge in [0.2, 0.25) is 5.91 Å². The molecule has 1 aromatic heterocycles. The number of carbonyl (C=O) groups is 1. The van der Waals surface area contributed by atoms with Gasteiger partial charge in [-0.15, -0.1) is 0 Å². The molecule has 0 bridgehead atoms. The van der Waals surface area contributed by atoms with Gasteiger partial charge in [0.25, 0.3) is 0 Å². The summed E-state index contributed by atoms with van der Waals surface area (Å²) >= 11 is 0. The highest BCUT2D eigenvalue weighted by molar-refractivity contribution is 6.15. The highest BCUT2D eigenvalue weighted by atomic mass is 19.1. The minimum absolute atomic E-state index is 0.0644. The Morgan fingerprint density at radius 2 is 1.87 bits per heavy atom. The molecule has 4 nitrogen and oxygen atoms in total. The van der Waals surface area contributed by atoms with Crippen LogP contribution < -0.4 is 0 Å². The topological polar surface area (TPSA) is 45.6 Å². The number of pyridine rings is 1. The normalized spacial score (nSPS) is 16.0. The molecule has 5 rings (SSSR count). The van der Waals surface area contributed by atoms with Crippen LogP contribution >= 0.6 is 0 Å². The minimum atomic E-state index is -0.261. The third-order valence-electron chi connectivity index (χ3n) is 6.28. The standard InChI is InChI=1S/C26H24FN3O/c1-3-24(17-4-6-22(27)7-5-17)30-15-21-12-23-20(11-19(21)13-25(30)31)14-29-26(23)18-8-9-28-16(2)10-18/h4-12,24H,3,13-15H2,1-2H3/t24-/m1/s1. The Hall–Kier alpha value is -3.34. The number of benzene rings is 2. The van der Waals surface area contributed by atoms with Crippen LogP contribution in [0.15, 0.2) is 59.7 Å².